The van der Waals surface area contributed by atoms with Crippen molar-refractivity contribution in [2.75, 3.05) is 18.4 Å². The highest BCUT2D eigenvalue weighted by atomic mass is 16.3. The summed E-state index contributed by atoms with van der Waals surface area (Å²) in [7, 11) is 0. The molecule has 1 spiro atoms. The fraction of sp³-hybridized carbons (Fsp3) is 0.267. The SMILES string of the molecule is O=C1Nc2nnc(-c3ccccc3O)cc2[C@@]12CCNC2. The van der Waals surface area contributed by atoms with Gasteiger partial charge < -0.3 is 15.7 Å². The zero-order valence-electron chi connectivity index (χ0n) is 11.3. The number of nitrogens with one attached hydrogen (secondary N) is 2. The zero-order valence-corrected chi connectivity index (χ0v) is 11.3. The van der Waals surface area contributed by atoms with E-state index in [0.717, 1.165) is 18.5 Å². The van der Waals surface area contributed by atoms with Gasteiger partial charge in [-0.1, -0.05) is 12.1 Å². The first-order valence-corrected chi connectivity index (χ1v) is 6.89. The lowest BCUT2D eigenvalue weighted by Gasteiger charge is -2.19. The molecule has 2 aliphatic heterocycles. The monoisotopic (exact) mass is 282 g/mol. The highest BCUT2D eigenvalue weighted by Gasteiger charge is 2.49. The first kappa shape index (κ1) is 12.3. The molecule has 3 heterocycles. The average Bonchev–Trinajstić information content (AvgIpc) is 3.08. The molecule has 1 atom stereocenters. The molecule has 6 nitrogen and oxygen atoms in total. The summed E-state index contributed by atoms with van der Waals surface area (Å²) in [6.07, 6.45) is 0.748. The van der Waals surface area contributed by atoms with Crippen molar-refractivity contribution in [3.05, 3.63) is 35.9 Å². The lowest BCUT2D eigenvalue weighted by Crippen LogP contribution is -2.36. The van der Waals surface area contributed by atoms with Gasteiger partial charge in [-0.25, -0.2) is 0 Å². The molecule has 1 aromatic carbocycles. The predicted molar refractivity (Wildman–Crippen MR) is 76.9 cm³/mol. The zero-order chi connectivity index (χ0) is 14.4. The number of rotatable bonds is 1. The van der Waals surface area contributed by atoms with E-state index >= 15 is 0 Å². The Balaban J connectivity index is 1.87. The Morgan fingerprint density at radius 1 is 1.24 bits per heavy atom. The topological polar surface area (TPSA) is 87.1 Å². The number of aromatic hydroxyl groups is 1. The van der Waals surface area contributed by atoms with Gasteiger partial charge >= 0.3 is 0 Å². The number of nitrogens with zero attached hydrogens (tertiary/aromatic N) is 2. The molecule has 1 saturated heterocycles. The lowest BCUT2D eigenvalue weighted by molar-refractivity contribution is -0.120. The van der Waals surface area contributed by atoms with Crippen LogP contribution < -0.4 is 10.6 Å². The number of fused-ring (bicyclic) bond motifs is 2. The van der Waals surface area contributed by atoms with Gasteiger partial charge in [-0.15, -0.1) is 10.2 Å². The number of carbonyl (C=O) groups is 1. The Morgan fingerprint density at radius 3 is 2.86 bits per heavy atom. The van der Waals surface area contributed by atoms with Crippen LogP contribution in [0.2, 0.25) is 0 Å². The molecule has 0 bridgehead atoms. The molecule has 3 N–H and O–H groups in total. The molecule has 1 fully saturated rings. The van der Waals surface area contributed by atoms with E-state index in [1.165, 1.54) is 0 Å². The minimum absolute atomic E-state index is 0.0220. The Morgan fingerprint density at radius 2 is 2.10 bits per heavy atom. The average molecular weight is 282 g/mol. The summed E-state index contributed by atoms with van der Waals surface area (Å²) in [4.78, 5) is 12.3. The van der Waals surface area contributed by atoms with Crippen LogP contribution in [-0.2, 0) is 10.2 Å². The highest BCUT2D eigenvalue weighted by molar-refractivity contribution is 6.06. The number of hydrogen-bond acceptors (Lipinski definition) is 5. The fourth-order valence-electron chi connectivity index (χ4n) is 3.14. The van der Waals surface area contributed by atoms with Crippen LogP contribution in [0, 0.1) is 0 Å². The van der Waals surface area contributed by atoms with Crippen molar-refractivity contribution in [1.29, 1.82) is 0 Å². The molecule has 4 rings (SSSR count). The smallest absolute Gasteiger partial charge is 0.237 e. The normalized spacial score (nSPS) is 23.3. The molecule has 0 radical (unpaired) electrons. The van der Waals surface area contributed by atoms with Crippen molar-refractivity contribution in [2.45, 2.75) is 11.8 Å². The van der Waals surface area contributed by atoms with E-state index < -0.39 is 5.41 Å². The van der Waals surface area contributed by atoms with E-state index in [0.29, 0.717) is 23.6 Å². The number of carbonyl (C=O) groups excluding carboxylic acids is 1. The van der Waals surface area contributed by atoms with Crippen LogP contribution in [0.1, 0.15) is 12.0 Å². The fourth-order valence-corrected chi connectivity index (χ4v) is 3.14. The van der Waals surface area contributed by atoms with Crippen LogP contribution in [0.25, 0.3) is 11.3 Å². The minimum atomic E-state index is -0.551. The van der Waals surface area contributed by atoms with Crippen LogP contribution in [0.5, 0.6) is 5.75 Å². The van der Waals surface area contributed by atoms with E-state index in [1.807, 2.05) is 12.1 Å². The molecule has 0 saturated carbocycles. The predicted octanol–water partition coefficient (Wildman–Crippen LogP) is 1.03. The van der Waals surface area contributed by atoms with Crippen LogP contribution in [0.15, 0.2) is 30.3 Å². The maximum atomic E-state index is 12.3. The number of anilines is 1. The van der Waals surface area contributed by atoms with E-state index in [4.69, 9.17) is 0 Å². The highest BCUT2D eigenvalue weighted by Crippen LogP contribution is 2.42. The van der Waals surface area contributed by atoms with E-state index in [2.05, 4.69) is 20.8 Å². The summed E-state index contributed by atoms with van der Waals surface area (Å²) in [5.74, 6) is 0.664. The standard InChI is InChI=1S/C15H14N4O2/c20-12-4-2-1-3-9(12)11-7-10-13(19-18-11)17-14(21)15(10)5-6-16-8-15/h1-4,7,16,20H,5-6,8H2,(H,17,19,21)/t15-/m0/s1. The van der Waals surface area contributed by atoms with Crippen LogP contribution in [0.3, 0.4) is 0 Å². The summed E-state index contributed by atoms with van der Waals surface area (Å²) < 4.78 is 0. The first-order chi connectivity index (χ1) is 10.2. The maximum Gasteiger partial charge on any atom is 0.237 e. The number of phenols is 1. The van der Waals surface area contributed by atoms with Crippen molar-refractivity contribution >= 4 is 11.7 Å². The van der Waals surface area contributed by atoms with Crippen LogP contribution in [0.4, 0.5) is 5.82 Å². The van der Waals surface area contributed by atoms with Crippen molar-refractivity contribution < 1.29 is 9.90 Å². The summed E-state index contributed by atoms with van der Waals surface area (Å²) >= 11 is 0. The van der Waals surface area contributed by atoms with Crippen molar-refractivity contribution in [1.82, 2.24) is 15.5 Å². The summed E-state index contributed by atoms with van der Waals surface area (Å²) in [6.45, 7) is 1.42. The summed E-state index contributed by atoms with van der Waals surface area (Å²) in [5, 5.41) is 24.3. The number of hydrogen-bond donors (Lipinski definition) is 3. The van der Waals surface area contributed by atoms with Crippen molar-refractivity contribution in [3.63, 3.8) is 0 Å². The number of aromatic nitrogens is 2. The third-order valence-electron chi connectivity index (χ3n) is 4.31. The van der Waals surface area contributed by atoms with Gasteiger partial charge in [0.2, 0.25) is 5.91 Å². The molecular formula is C15H14N4O2. The number of benzene rings is 1. The van der Waals surface area contributed by atoms with E-state index in [9.17, 15) is 9.90 Å². The molecule has 106 valence electrons. The van der Waals surface area contributed by atoms with Gasteiger partial charge in [-0.2, -0.15) is 0 Å². The van der Waals surface area contributed by atoms with E-state index in [1.54, 1.807) is 18.2 Å². The molecular weight excluding hydrogens is 268 g/mol. The van der Waals surface area contributed by atoms with Gasteiger partial charge in [0.05, 0.1) is 11.1 Å². The first-order valence-electron chi connectivity index (χ1n) is 6.89. The second-order valence-electron chi connectivity index (χ2n) is 5.47. The quantitative estimate of drug-likeness (QED) is 0.727. The van der Waals surface area contributed by atoms with Gasteiger partial charge in [0, 0.05) is 17.7 Å². The molecule has 21 heavy (non-hydrogen) atoms. The maximum absolute atomic E-state index is 12.3. The molecule has 2 aromatic rings. The minimum Gasteiger partial charge on any atom is -0.507 e. The van der Waals surface area contributed by atoms with Gasteiger partial charge in [0.1, 0.15) is 5.75 Å². The lowest BCUT2D eigenvalue weighted by atomic mass is 9.81. The summed E-state index contributed by atoms with van der Waals surface area (Å²) in [5.41, 5.74) is 1.51. The second-order valence-corrected chi connectivity index (χ2v) is 5.47. The Kier molecular flexibility index (Phi) is 2.49. The molecule has 2 aliphatic rings. The second kappa shape index (κ2) is 4.26. The molecule has 1 amide bonds. The van der Waals surface area contributed by atoms with Crippen molar-refractivity contribution in [3.8, 4) is 17.0 Å². The molecule has 0 unspecified atom stereocenters. The van der Waals surface area contributed by atoms with Crippen molar-refractivity contribution in [2.24, 2.45) is 0 Å². The Labute approximate surface area is 121 Å². The Hall–Kier alpha value is -2.47. The number of phenolic OH excluding ortho intramolecular Hbond substituents is 1. The molecule has 6 heteroatoms. The van der Waals surface area contributed by atoms with E-state index in [-0.39, 0.29) is 11.7 Å². The van der Waals surface area contributed by atoms with Crippen LogP contribution in [-0.4, -0.2) is 34.3 Å². The Bertz CT molecular complexity index is 738. The number of para-hydroxylation sites is 1. The number of amides is 1. The van der Waals surface area contributed by atoms with Gasteiger partial charge in [0.25, 0.3) is 0 Å². The third-order valence-corrected chi connectivity index (χ3v) is 4.31. The van der Waals surface area contributed by atoms with Gasteiger partial charge in [-0.3, -0.25) is 4.79 Å². The van der Waals surface area contributed by atoms with Gasteiger partial charge in [0.15, 0.2) is 5.82 Å². The van der Waals surface area contributed by atoms with Crippen LogP contribution >= 0.6 is 0 Å². The van der Waals surface area contributed by atoms with Gasteiger partial charge in [-0.05, 0) is 31.2 Å². The largest absolute Gasteiger partial charge is 0.507 e. The molecule has 0 aliphatic carbocycles. The molecule has 1 aromatic heterocycles. The third kappa shape index (κ3) is 1.66. The summed E-state index contributed by atoms with van der Waals surface area (Å²) in [6, 6.07) is 8.85.